The van der Waals surface area contributed by atoms with Crippen LogP contribution in [0.2, 0.25) is 0 Å². The quantitative estimate of drug-likeness (QED) is 0.809. The lowest BCUT2D eigenvalue weighted by Gasteiger charge is -2.18. The Morgan fingerprint density at radius 2 is 1.79 bits per heavy atom. The summed E-state index contributed by atoms with van der Waals surface area (Å²) >= 11 is 0. The molecule has 0 spiro atoms. The molecule has 19 heavy (non-hydrogen) atoms. The molecule has 2 N–H and O–H groups in total. The highest BCUT2D eigenvalue weighted by Crippen LogP contribution is 2.27. The van der Waals surface area contributed by atoms with Crippen LogP contribution in [0.5, 0.6) is 5.75 Å². The fourth-order valence-electron chi connectivity index (χ4n) is 2.19. The predicted molar refractivity (Wildman–Crippen MR) is 81.4 cm³/mol. The van der Waals surface area contributed by atoms with E-state index in [1.165, 1.54) is 5.39 Å². The fraction of sp³-hybridized carbons (Fsp3) is 0.412. The highest BCUT2D eigenvalue weighted by atomic mass is 16.3. The second-order valence-corrected chi connectivity index (χ2v) is 6.27. The number of aromatic hydroxyl groups is 1. The average Bonchev–Trinajstić information content (AvgIpc) is 2.35. The molecule has 102 valence electrons. The Hall–Kier alpha value is -1.54. The number of hydrogen-bond donors (Lipinski definition) is 2. The highest BCUT2D eigenvalue weighted by molar-refractivity contribution is 5.87. The normalized spacial score (nSPS) is 11.9. The molecule has 0 atom stereocenters. The first-order chi connectivity index (χ1) is 8.97. The first-order valence-corrected chi connectivity index (χ1v) is 6.88. The largest absolute Gasteiger partial charge is 0.508 e. The van der Waals surface area contributed by atoms with Crippen LogP contribution < -0.4 is 5.32 Å². The van der Waals surface area contributed by atoms with Crippen molar-refractivity contribution in [3.63, 3.8) is 0 Å². The molecular formula is C17H23NO. The molecular weight excluding hydrogens is 234 g/mol. The lowest BCUT2D eigenvalue weighted by Crippen LogP contribution is -2.20. The zero-order valence-electron chi connectivity index (χ0n) is 12.0. The summed E-state index contributed by atoms with van der Waals surface area (Å²) in [6, 6.07) is 11.9. The van der Waals surface area contributed by atoms with Crippen LogP contribution in [0.1, 0.15) is 32.8 Å². The van der Waals surface area contributed by atoms with Gasteiger partial charge in [-0.25, -0.2) is 0 Å². The zero-order valence-corrected chi connectivity index (χ0v) is 12.0. The van der Waals surface area contributed by atoms with Crippen LogP contribution in [0, 0.1) is 5.41 Å². The molecule has 0 saturated heterocycles. The minimum absolute atomic E-state index is 0.341. The van der Waals surface area contributed by atoms with Gasteiger partial charge < -0.3 is 10.4 Å². The van der Waals surface area contributed by atoms with Gasteiger partial charge in [-0.2, -0.15) is 0 Å². The smallest absolute Gasteiger partial charge is 0.120 e. The van der Waals surface area contributed by atoms with Crippen molar-refractivity contribution in [2.24, 2.45) is 5.41 Å². The molecule has 0 saturated carbocycles. The number of benzene rings is 2. The van der Waals surface area contributed by atoms with Gasteiger partial charge in [0.25, 0.3) is 0 Å². The molecule has 2 rings (SSSR count). The van der Waals surface area contributed by atoms with E-state index >= 15 is 0 Å². The lowest BCUT2D eigenvalue weighted by atomic mass is 9.92. The molecule has 0 fully saturated rings. The third kappa shape index (κ3) is 3.71. The molecule has 2 nitrogen and oxygen atoms in total. The van der Waals surface area contributed by atoms with Crippen molar-refractivity contribution in [1.82, 2.24) is 5.32 Å². The number of fused-ring (bicyclic) bond motifs is 1. The first kappa shape index (κ1) is 13.9. The summed E-state index contributed by atoms with van der Waals surface area (Å²) in [5.74, 6) is 0.377. The molecule has 2 aromatic carbocycles. The van der Waals surface area contributed by atoms with Gasteiger partial charge in [-0.15, -0.1) is 0 Å². The molecule has 0 amide bonds. The Balaban J connectivity index is 2.10. The summed E-state index contributed by atoms with van der Waals surface area (Å²) in [6.07, 6.45) is 1.12. The van der Waals surface area contributed by atoms with E-state index in [1.54, 1.807) is 6.07 Å². The van der Waals surface area contributed by atoms with Crippen LogP contribution in [0.15, 0.2) is 36.4 Å². The minimum Gasteiger partial charge on any atom is -0.508 e. The van der Waals surface area contributed by atoms with Gasteiger partial charge in [0.05, 0.1) is 0 Å². The second kappa shape index (κ2) is 5.62. The molecule has 0 aliphatic heterocycles. The maximum atomic E-state index is 10.0. The Labute approximate surface area is 115 Å². The van der Waals surface area contributed by atoms with Crippen molar-refractivity contribution in [3.8, 4) is 5.75 Å². The standard InChI is InChI=1S/C17H23NO/c1-17(2,3)10-11-18-12-15-14-7-5-4-6-13(14)8-9-16(15)19/h4-9,18-19H,10-12H2,1-3H3. The molecule has 0 aromatic heterocycles. The van der Waals surface area contributed by atoms with Gasteiger partial charge in [0.2, 0.25) is 0 Å². The van der Waals surface area contributed by atoms with E-state index in [2.05, 4.69) is 38.2 Å². The maximum absolute atomic E-state index is 10.0. The lowest BCUT2D eigenvalue weighted by molar-refractivity contribution is 0.366. The summed E-state index contributed by atoms with van der Waals surface area (Å²) < 4.78 is 0. The molecule has 0 aliphatic carbocycles. The Morgan fingerprint density at radius 3 is 2.53 bits per heavy atom. The Bertz CT molecular complexity index is 555. The van der Waals surface area contributed by atoms with E-state index in [4.69, 9.17) is 0 Å². The van der Waals surface area contributed by atoms with Gasteiger partial charge in [0.15, 0.2) is 0 Å². The van der Waals surface area contributed by atoms with Gasteiger partial charge in [0.1, 0.15) is 5.75 Å². The van der Waals surface area contributed by atoms with Crippen LogP contribution in [-0.2, 0) is 6.54 Å². The topological polar surface area (TPSA) is 32.3 Å². The van der Waals surface area contributed by atoms with Gasteiger partial charge in [-0.1, -0.05) is 51.1 Å². The van der Waals surface area contributed by atoms with Gasteiger partial charge in [-0.3, -0.25) is 0 Å². The summed E-state index contributed by atoms with van der Waals surface area (Å²) in [5.41, 5.74) is 1.33. The van der Waals surface area contributed by atoms with Crippen molar-refractivity contribution in [2.75, 3.05) is 6.54 Å². The van der Waals surface area contributed by atoms with Crippen LogP contribution in [0.4, 0.5) is 0 Å². The van der Waals surface area contributed by atoms with Crippen molar-refractivity contribution < 1.29 is 5.11 Å². The van der Waals surface area contributed by atoms with E-state index in [1.807, 2.05) is 18.2 Å². The van der Waals surface area contributed by atoms with E-state index in [-0.39, 0.29) is 0 Å². The Morgan fingerprint density at radius 1 is 1.05 bits per heavy atom. The number of nitrogens with one attached hydrogen (secondary N) is 1. The van der Waals surface area contributed by atoms with Gasteiger partial charge >= 0.3 is 0 Å². The number of phenolic OH excluding ortho intramolecular Hbond substituents is 1. The van der Waals surface area contributed by atoms with Gasteiger partial charge in [-0.05, 0) is 35.2 Å². The monoisotopic (exact) mass is 257 g/mol. The van der Waals surface area contributed by atoms with E-state index in [0.717, 1.165) is 23.9 Å². The van der Waals surface area contributed by atoms with Crippen molar-refractivity contribution in [2.45, 2.75) is 33.7 Å². The molecule has 0 unspecified atom stereocenters. The summed E-state index contributed by atoms with van der Waals surface area (Å²) in [4.78, 5) is 0. The summed E-state index contributed by atoms with van der Waals surface area (Å²) in [6.45, 7) is 8.40. The maximum Gasteiger partial charge on any atom is 0.120 e. The van der Waals surface area contributed by atoms with E-state index in [9.17, 15) is 5.11 Å². The first-order valence-electron chi connectivity index (χ1n) is 6.88. The molecule has 0 radical (unpaired) electrons. The van der Waals surface area contributed by atoms with E-state index in [0.29, 0.717) is 17.7 Å². The summed E-state index contributed by atoms with van der Waals surface area (Å²) in [5, 5.41) is 15.8. The molecule has 2 heteroatoms. The van der Waals surface area contributed by atoms with Crippen molar-refractivity contribution in [3.05, 3.63) is 42.0 Å². The van der Waals surface area contributed by atoms with Gasteiger partial charge in [0, 0.05) is 12.1 Å². The highest BCUT2D eigenvalue weighted by Gasteiger charge is 2.10. The SMILES string of the molecule is CC(C)(C)CCNCc1c(O)ccc2ccccc12. The van der Waals surface area contributed by atoms with Crippen molar-refractivity contribution >= 4 is 10.8 Å². The number of rotatable bonds is 4. The third-order valence-electron chi connectivity index (χ3n) is 3.37. The van der Waals surface area contributed by atoms with Crippen LogP contribution in [0.3, 0.4) is 0 Å². The van der Waals surface area contributed by atoms with Crippen LogP contribution in [0.25, 0.3) is 10.8 Å². The molecule has 0 heterocycles. The van der Waals surface area contributed by atoms with Crippen molar-refractivity contribution in [1.29, 1.82) is 0 Å². The molecule has 0 aliphatic rings. The number of hydrogen-bond acceptors (Lipinski definition) is 2. The minimum atomic E-state index is 0.341. The zero-order chi connectivity index (χ0) is 13.9. The fourth-order valence-corrected chi connectivity index (χ4v) is 2.19. The van der Waals surface area contributed by atoms with Crippen LogP contribution >= 0.6 is 0 Å². The third-order valence-corrected chi connectivity index (χ3v) is 3.37. The Kier molecular flexibility index (Phi) is 4.11. The van der Waals surface area contributed by atoms with Crippen LogP contribution in [-0.4, -0.2) is 11.7 Å². The van der Waals surface area contributed by atoms with E-state index < -0.39 is 0 Å². The number of phenols is 1. The summed E-state index contributed by atoms with van der Waals surface area (Å²) in [7, 11) is 0. The average molecular weight is 257 g/mol. The molecule has 0 bridgehead atoms. The predicted octanol–water partition coefficient (Wildman–Crippen LogP) is 4.07. The molecule has 2 aromatic rings. The second-order valence-electron chi connectivity index (χ2n) is 6.27.